The summed E-state index contributed by atoms with van der Waals surface area (Å²) in [7, 11) is 1.64. The van der Waals surface area contributed by atoms with Crippen molar-refractivity contribution in [3.05, 3.63) is 54.2 Å². The van der Waals surface area contributed by atoms with Crippen LogP contribution in [0.1, 0.15) is 5.56 Å². The third kappa shape index (κ3) is 5.14. The Labute approximate surface area is 123 Å². The molecule has 1 aromatic heterocycles. The molecule has 110 valence electrons. The molecule has 0 unspecified atom stereocenters. The normalized spacial score (nSPS) is 9.95. The highest BCUT2D eigenvalue weighted by atomic mass is 16.5. The molecule has 0 atom stereocenters. The maximum absolute atomic E-state index is 11.6. The van der Waals surface area contributed by atoms with Gasteiger partial charge in [-0.1, -0.05) is 18.2 Å². The summed E-state index contributed by atoms with van der Waals surface area (Å²) < 4.78 is 10.4. The number of nitrogens with zero attached hydrogens (tertiary/aromatic N) is 1. The lowest BCUT2D eigenvalue weighted by molar-refractivity contribution is -0.123. The van der Waals surface area contributed by atoms with Crippen LogP contribution in [-0.2, 0) is 11.2 Å². The quantitative estimate of drug-likeness (QED) is 0.843. The molecule has 0 aliphatic heterocycles. The number of methoxy groups -OCH3 is 1. The summed E-state index contributed by atoms with van der Waals surface area (Å²) in [5, 5.41) is 2.81. The number of carbonyl (C=O) groups excluding carboxylic acids is 1. The number of ether oxygens (including phenoxy) is 2. The largest absolute Gasteiger partial charge is 0.497 e. The van der Waals surface area contributed by atoms with Crippen LogP contribution >= 0.6 is 0 Å². The van der Waals surface area contributed by atoms with Gasteiger partial charge in [-0.2, -0.15) is 0 Å². The van der Waals surface area contributed by atoms with Gasteiger partial charge in [0.1, 0.15) is 5.75 Å². The van der Waals surface area contributed by atoms with Gasteiger partial charge in [0.25, 0.3) is 5.91 Å². The zero-order chi connectivity index (χ0) is 14.9. The van der Waals surface area contributed by atoms with E-state index in [2.05, 4.69) is 10.3 Å². The van der Waals surface area contributed by atoms with E-state index in [0.717, 1.165) is 17.7 Å². The van der Waals surface area contributed by atoms with E-state index in [-0.39, 0.29) is 12.5 Å². The van der Waals surface area contributed by atoms with E-state index in [1.54, 1.807) is 25.4 Å². The van der Waals surface area contributed by atoms with Crippen molar-refractivity contribution in [3.63, 3.8) is 0 Å². The Balaban J connectivity index is 1.66. The molecule has 2 rings (SSSR count). The van der Waals surface area contributed by atoms with E-state index in [1.165, 1.54) is 0 Å². The van der Waals surface area contributed by atoms with E-state index in [0.29, 0.717) is 12.4 Å². The number of pyridine rings is 1. The standard InChI is InChI=1S/C16H18N2O3/c1-20-14-7-5-13(6-8-14)9-11-17-15(19)12-21-16-4-2-3-10-18-16/h2-8,10H,9,11-12H2,1H3,(H,17,19). The van der Waals surface area contributed by atoms with E-state index < -0.39 is 0 Å². The third-order valence-corrected chi connectivity index (χ3v) is 2.88. The summed E-state index contributed by atoms with van der Waals surface area (Å²) in [5.74, 6) is 1.11. The Kier molecular flexibility index (Phi) is 5.58. The van der Waals surface area contributed by atoms with Crippen LogP contribution in [-0.4, -0.2) is 31.2 Å². The Morgan fingerprint density at radius 2 is 2.00 bits per heavy atom. The molecule has 5 heteroatoms. The molecule has 0 aliphatic carbocycles. The predicted molar refractivity (Wildman–Crippen MR) is 79.4 cm³/mol. The molecule has 0 aliphatic rings. The van der Waals surface area contributed by atoms with Gasteiger partial charge in [0.05, 0.1) is 7.11 Å². The van der Waals surface area contributed by atoms with Crippen LogP contribution in [0.3, 0.4) is 0 Å². The minimum Gasteiger partial charge on any atom is -0.497 e. The fraction of sp³-hybridized carbons (Fsp3) is 0.250. The highest BCUT2D eigenvalue weighted by Gasteiger charge is 2.03. The van der Waals surface area contributed by atoms with Crippen molar-refractivity contribution in [2.45, 2.75) is 6.42 Å². The number of hydrogen-bond acceptors (Lipinski definition) is 4. The lowest BCUT2D eigenvalue weighted by atomic mass is 10.1. The molecule has 1 aromatic carbocycles. The monoisotopic (exact) mass is 286 g/mol. The SMILES string of the molecule is COc1ccc(CCNC(=O)COc2ccccn2)cc1. The van der Waals surface area contributed by atoms with Gasteiger partial charge in [0, 0.05) is 18.8 Å². The number of aromatic nitrogens is 1. The Morgan fingerprint density at radius 3 is 2.67 bits per heavy atom. The number of hydrogen-bond donors (Lipinski definition) is 1. The van der Waals surface area contributed by atoms with Gasteiger partial charge in [-0.3, -0.25) is 4.79 Å². The Bertz CT molecular complexity index is 555. The van der Waals surface area contributed by atoms with Crippen molar-refractivity contribution in [1.82, 2.24) is 10.3 Å². The molecule has 1 N–H and O–H groups in total. The van der Waals surface area contributed by atoms with Crippen LogP contribution in [0, 0.1) is 0 Å². The summed E-state index contributed by atoms with van der Waals surface area (Å²) in [4.78, 5) is 15.6. The Morgan fingerprint density at radius 1 is 1.19 bits per heavy atom. The van der Waals surface area contributed by atoms with Crippen LogP contribution in [0.15, 0.2) is 48.7 Å². The minimum atomic E-state index is -0.158. The highest BCUT2D eigenvalue weighted by molar-refractivity contribution is 5.77. The minimum absolute atomic E-state index is 0.0281. The molecule has 0 saturated heterocycles. The molecule has 0 fully saturated rings. The van der Waals surface area contributed by atoms with E-state index in [1.807, 2.05) is 30.3 Å². The number of nitrogens with one attached hydrogen (secondary N) is 1. The summed E-state index contributed by atoms with van der Waals surface area (Å²) in [6.07, 6.45) is 2.39. The van der Waals surface area contributed by atoms with Gasteiger partial charge in [-0.25, -0.2) is 4.98 Å². The maximum atomic E-state index is 11.6. The van der Waals surface area contributed by atoms with Gasteiger partial charge in [0.2, 0.25) is 5.88 Å². The fourth-order valence-corrected chi connectivity index (χ4v) is 1.76. The molecule has 0 saturated carbocycles. The number of carbonyl (C=O) groups is 1. The fourth-order valence-electron chi connectivity index (χ4n) is 1.76. The lowest BCUT2D eigenvalue weighted by Gasteiger charge is -2.07. The van der Waals surface area contributed by atoms with Crippen molar-refractivity contribution < 1.29 is 14.3 Å². The zero-order valence-corrected chi connectivity index (χ0v) is 11.9. The second kappa shape index (κ2) is 7.89. The number of rotatable bonds is 7. The summed E-state index contributed by atoms with van der Waals surface area (Å²) in [6, 6.07) is 13.1. The van der Waals surface area contributed by atoms with Crippen molar-refractivity contribution in [3.8, 4) is 11.6 Å². The molecule has 1 amide bonds. The molecule has 0 bridgehead atoms. The van der Waals surface area contributed by atoms with E-state index in [4.69, 9.17) is 9.47 Å². The smallest absolute Gasteiger partial charge is 0.258 e. The molecule has 0 radical (unpaired) electrons. The highest BCUT2D eigenvalue weighted by Crippen LogP contribution is 2.11. The van der Waals surface area contributed by atoms with Crippen molar-refractivity contribution in [1.29, 1.82) is 0 Å². The van der Waals surface area contributed by atoms with Gasteiger partial charge in [-0.15, -0.1) is 0 Å². The summed E-state index contributed by atoms with van der Waals surface area (Å²) >= 11 is 0. The van der Waals surface area contributed by atoms with Crippen LogP contribution in [0.4, 0.5) is 0 Å². The van der Waals surface area contributed by atoms with Crippen LogP contribution < -0.4 is 14.8 Å². The van der Waals surface area contributed by atoms with E-state index in [9.17, 15) is 4.79 Å². The van der Waals surface area contributed by atoms with Gasteiger partial charge >= 0.3 is 0 Å². The average molecular weight is 286 g/mol. The van der Waals surface area contributed by atoms with Crippen molar-refractivity contribution in [2.75, 3.05) is 20.3 Å². The lowest BCUT2D eigenvalue weighted by Crippen LogP contribution is -2.30. The van der Waals surface area contributed by atoms with Crippen LogP contribution in [0.25, 0.3) is 0 Å². The topological polar surface area (TPSA) is 60.5 Å². The van der Waals surface area contributed by atoms with Crippen LogP contribution in [0.5, 0.6) is 11.6 Å². The summed E-state index contributed by atoms with van der Waals surface area (Å²) in [5.41, 5.74) is 1.14. The molecular weight excluding hydrogens is 268 g/mol. The second-order valence-electron chi connectivity index (χ2n) is 4.40. The van der Waals surface area contributed by atoms with Gasteiger partial charge in [-0.05, 0) is 30.2 Å². The first-order valence-electron chi connectivity index (χ1n) is 6.71. The first-order chi connectivity index (χ1) is 10.3. The Hall–Kier alpha value is -2.56. The van der Waals surface area contributed by atoms with E-state index >= 15 is 0 Å². The zero-order valence-electron chi connectivity index (χ0n) is 11.9. The first-order valence-corrected chi connectivity index (χ1v) is 6.71. The first kappa shape index (κ1) is 14.8. The number of benzene rings is 1. The molecule has 0 spiro atoms. The predicted octanol–water partition coefficient (Wildman–Crippen LogP) is 1.83. The third-order valence-electron chi connectivity index (χ3n) is 2.88. The average Bonchev–Trinajstić information content (AvgIpc) is 2.54. The summed E-state index contributed by atoms with van der Waals surface area (Å²) in [6.45, 7) is 0.538. The van der Waals surface area contributed by atoms with Gasteiger partial charge < -0.3 is 14.8 Å². The maximum Gasteiger partial charge on any atom is 0.258 e. The molecule has 2 aromatic rings. The number of amides is 1. The molecule has 1 heterocycles. The van der Waals surface area contributed by atoms with Gasteiger partial charge in [0.15, 0.2) is 6.61 Å². The van der Waals surface area contributed by atoms with Crippen molar-refractivity contribution >= 4 is 5.91 Å². The molecule has 5 nitrogen and oxygen atoms in total. The molecule has 21 heavy (non-hydrogen) atoms. The molecular formula is C16H18N2O3. The van der Waals surface area contributed by atoms with Crippen LogP contribution in [0.2, 0.25) is 0 Å². The van der Waals surface area contributed by atoms with Crippen molar-refractivity contribution in [2.24, 2.45) is 0 Å². The second-order valence-corrected chi connectivity index (χ2v) is 4.40.